The number of nitrogens with one attached hydrogen (secondary N) is 1. The number of alkyl carbamates (subject to hydrolysis) is 1. The van der Waals surface area contributed by atoms with Crippen LogP contribution in [0.5, 0.6) is 0 Å². The summed E-state index contributed by atoms with van der Waals surface area (Å²) < 4.78 is 5.42. The van der Waals surface area contributed by atoms with Crippen molar-refractivity contribution in [3.63, 3.8) is 0 Å². The summed E-state index contributed by atoms with van der Waals surface area (Å²) in [5, 5.41) is 9.59. The van der Waals surface area contributed by atoms with Gasteiger partial charge in [0.2, 0.25) is 0 Å². The Balaban J connectivity index is 1.53. The summed E-state index contributed by atoms with van der Waals surface area (Å²) in [5.41, 5.74) is 0.193. The minimum Gasteiger partial charge on any atom is -0.563 e. The Morgan fingerprint density at radius 2 is 1.71 bits per heavy atom. The number of rotatable bonds is 5. The fourth-order valence-corrected chi connectivity index (χ4v) is 5.22. The summed E-state index contributed by atoms with van der Waals surface area (Å²) in [5.74, 6) is 1.74. The third-order valence-corrected chi connectivity index (χ3v) is 5.69. The van der Waals surface area contributed by atoms with Crippen molar-refractivity contribution in [2.45, 2.75) is 57.9 Å². The summed E-state index contributed by atoms with van der Waals surface area (Å²) in [7, 11) is 0. The molecule has 0 aromatic rings. The zero-order valence-electron chi connectivity index (χ0n) is 12.7. The quantitative estimate of drug-likeness (QED) is 0.788. The van der Waals surface area contributed by atoms with E-state index < -0.39 is 18.1 Å². The molecule has 1 amide bonds. The van der Waals surface area contributed by atoms with Crippen molar-refractivity contribution in [3.05, 3.63) is 0 Å². The van der Waals surface area contributed by atoms with Crippen LogP contribution in [0.4, 0.5) is 4.79 Å². The summed E-state index contributed by atoms with van der Waals surface area (Å²) in [6.07, 6.45) is 7.58. The van der Waals surface area contributed by atoms with Gasteiger partial charge in [-0.05, 0) is 62.7 Å². The minimum atomic E-state index is -0.760. The van der Waals surface area contributed by atoms with E-state index >= 15 is 0 Å². The van der Waals surface area contributed by atoms with E-state index in [1.165, 1.54) is 38.5 Å². The second kappa shape index (κ2) is 5.50. The third kappa shape index (κ3) is 3.01. The zero-order valence-corrected chi connectivity index (χ0v) is 12.7. The second-order valence-electron chi connectivity index (χ2n) is 7.46. The van der Waals surface area contributed by atoms with Crippen LogP contribution in [0.3, 0.4) is 0 Å². The molecular formula is C16H26NO4+. The van der Waals surface area contributed by atoms with Crippen molar-refractivity contribution < 1.29 is 19.4 Å². The maximum Gasteiger partial charge on any atom is 0.538 e. The number of ether oxygens (including phenoxy) is 1. The van der Waals surface area contributed by atoms with Crippen LogP contribution in [-0.2, 0) is 9.53 Å². The van der Waals surface area contributed by atoms with E-state index in [1.54, 1.807) is 6.92 Å². The minimum absolute atomic E-state index is 0.193. The Bertz CT molecular complexity index is 399. The topological polar surface area (TPSA) is 78.3 Å². The van der Waals surface area contributed by atoms with E-state index in [2.05, 4.69) is 5.32 Å². The van der Waals surface area contributed by atoms with Gasteiger partial charge in [-0.2, -0.15) is 0 Å². The van der Waals surface area contributed by atoms with Gasteiger partial charge >= 0.3 is 12.1 Å². The van der Waals surface area contributed by atoms with Gasteiger partial charge in [-0.3, -0.25) is 0 Å². The van der Waals surface area contributed by atoms with E-state index in [4.69, 9.17) is 9.84 Å². The molecule has 21 heavy (non-hydrogen) atoms. The molecule has 1 atom stereocenters. The van der Waals surface area contributed by atoms with Crippen LogP contribution in [0, 0.1) is 23.2 Å². The second-order valence-corrected chi connectivity index (χ2v) is 7.46. The predicted molar refractivity (Wildman–Crippen MR) is 77.8 cm³/mol. The zero-order chi connectivity index (χ0) is 15.0. The molecule has 4 rings (SSSR count). The molecule has 5 heteroatoms. The Kier molecular flexibility index (Phi) is 3.84. The van der Waals surface area contributed by atoms with Crippen LogP contribution in [0.2, 0.25) is 0 Å². The molecule has 0 heterocycles. The van der Waals surface area contributed by atoms with Crippen molar-refractivity contribution in [1.29, 1.82) is 0 Å². The predicted octanol–water partition coefficient (Wildman–Crippen LogP) is 1.96. The normalized spacial score (nSPS) is 38.0. The highest BCUT2D eigenvalue weighted by Gasteiger charge is 2.51. The SMILES string of the molecule is CC[C@H](NC(=O)OCC12CC3CC(CC(C3)C1)C2)C(=O)[OH2+]. The molecule has 4 fully saturated rings. The average Bonchev–Trinajstić information content (AvgIpc) is 2.41. The van der Waals surface area contributed by atoms with Gasteiger partial charge in [0.05, 0.1) is 6.61 Å². The summed E-state index contributed by atoms with van der Waals surface area (Å²) in [4.78, 5) is 22.9. The Hall–Kier alpha value is -1.26. The maximum atomic E-state index is 11.8. The van der Waals surface area contributed by atoms with Crippen molar-refractivity contribution in [2.24, 2.45) is 23.2 Å². The fraction of sp³-hybridized carbons (Fsp3) is 0.875. The molecule has 0 unspecified atom stereocenters. The molecular weight excluding hydrogens is 270 g/mol. The summed E-state index contributed by atoms with van der Waals surface area (Å²) in [6.45, 7) is 2.25. The van der Waals surface area contributed by atoms with Crippen LogP contribution in [-0.4, -0.2) is 29.8 Å². The van der Waals surface area contributed by atoms with Gasteiger partial charge in [0.1, 0.15) is 0 Å². The monoisotopic (exact) mass is 296 g/mol. The molecule has 0 spiro atoms. The Morgan fingerprint density at radius 1 is 1.19 bits per heavy atom. The maximum absolute atomic E-state index is 11.8. The average molecular weight is 296 g/mol. The molecule has 4 bridgehead atoms. The summed E-state index contributed by atoms with van der Waals surface area (Å²) >= 11 is 0. The number of carbonyl (C=O) groups is 2. The highest BCUT2D eigenvalue weighted by molar-refractivity contribution is 5.79. The number of carbonyl (C=O) groups excluding carboxylic acids is 2. The molecule has 5 nitrogen and oxygen atoms in total. The highest BCUT2D eigenvalue weighted by Crippen LogP contribution is 2.60. The smallest absolute Gasteiger partial charge is 0.538 e. The number of amides is 1. The standard InChI is InChI=1S/C16H25NO4/c1-2-13(14(18)19)17-15(20)21-9-16-6-10-3-11(7-16)5-12(4-10)8-16/h10-13H,2-9H2,1H3,(H,17,20)(H,18,19)/p+1/t10?,11?,12?,13-,16?/m0/s1. The van der Waals surface area contributed by atoms with E-state index in [0.29, 0.717) is 13.0 Å². The molecule has 3 N–H and O–H groups in total. The van der Waals surface area contributed by atoms with Crippen molar-refractivity contribution in [2.75, 3.05) is 6.61 Å². The lowest BCUT2D eigenvalue weighted by atomic mass is 9.50. The van der Waals surface area contributed by atoms with Gasteiger partial charge in [-0.15, -0.1) is 0 Å². The molecule has 4 saturated carbocycles. The van der Waals surface area contributed by atoms with Gasteiger partial charge < -0.3 is 15.2 Å². The first-order valence-electron chi connectivity index (χ1n) is 8.18. The number of hydrogen-bond donors (Lipinski definition) is 1. The van der Waals surface area contributed by atoms with Gasteiger partial charge in [0, 0.05) is 10.2 Å². The Morgan fingerprint density at radius 3 is 2.14 bits per heavy atom. The van der Waals surface area contributed by atoms with E-state index in [-0.39, 0.29) is 5.41 Å². The van der Waals surface area contributed by atoms with Crippen LogP contribution < -0.4 is 5.32 Å². The van der Waals surface area contributed by atoms with Gasteiger partial charge in [0.15, 0.2) is 6.04 Å². The van der Waals surface area contributed by atoms with Crippen molar-refractivity contribution >= 4 is 12.1 Å². The van der Waals surface area contributed by atoms with Crippen LogP contribution in [0.1, 0.15) is 51.9 Å². The molecule has 0 radical (unpaired) electrons. The lowest BCUT2D eigenvalue weighted by Crippen LogP contribution is -2.49. The van der Waals surface area contributed by atoms with Crippen LogP contribution in [0.25, 0.3) is 0 Å². The largest absolute Gasteiger partial charge is 0.563 e. The first-order chi connectivity index (χ1) is 9.99. The molecule has 118 valence electrons. The van der Waals surface area contributed by atoms with E-state index in [1.807, 2.05) is 0 Å². The third-order valence-electron chi connectivity index (χ3n) is 5.69. The molecule has 0 saturated heterocycles. The molecule has 4 aliphatic rings. The Labute approximate surface area is 125 Å². The molecule has 4 aliphatic carbocycles. The first kappa shape index (κ1) is 14.7. The van der Waals surface area contributed by atoms with E-state index in [9.17, 15) is 9.59 Å². The van der Waals surface area contributed by atoms with E-state index in [0.717, 1.165) is 17.8 Å². The van der Waals surface area contributed by atoms with Crippen molar-refractivity contribution in [3.8, 4) is 0 Å². The number of hydrogen-bond acceptors (Lipinski definition) is 3. The van der Waals surface area contributed by atoms with Crippen LogP contribution in [0.15, 0.2) is 0 Å². The molecule has 0 aromatic heterocycles. The lowest BCUT2D eigenvalue weighted by Gasteiger charge is -2.56. The molecule has 0 aromatic carbocycles. The fourth-order valence-electron chi connectivity index (χ4n) is 5.22. The molecule has 0 aliphatic heterocycles. The summed E-state index contributed by atoms with van der Waals surface area (Å²) in [6, 6.07) is -0.742. The lowest BCUT2D eigenvalue weighted by molar-refractivity contribution is -0.139. The highest BCUT2D eigenvalue weighted by atomic mass is 16.5. The van der Waals surface area contributed by atoms with Crippen LogP contribution >= 0.6 is 0 Å². The van der Waals surface area contributed by atoms with Gasteiger partial charge in [-0.1, -0.05) is 6.92 Å². The van der Waals surface area contributed by atoms with Gasteiger partial charge in [-0.25, -0.2) is 4.79 Å². The van der Waals surface area contributed by atoms with Gasteiger partial charge in [0.25, 0.3) is 0 Å². The first-order valence-corrected chi connectivity index (χ1v) is 8.18. The van der Waals surface area contributed by atoms with Crippen molar-refractivity contribution in [1.82, 2.24) is 5.32 Å².